The predicted molar refractivity (Wildman–Crippen MR) is 96.0 cm³/mol. The molecular formula is C18H18BrF3N2O. The van der Waals surface area contributed by atoms with Gasteiger partial charge in [-0.25, -0.2) is 0 Å². The quantitative estimate of drug-likeness (QED) is 0.807. The Kier molecular flexibility index (Phi) is 5.24. The zero-order chi connectivity index (χ0) is 18.0. The molecule has 0 bridgehead atoms. The summed E-state index contributed by atoms with van der Waals surface area (Å²) in [6.07, 6.45) is -7.10. The number of piperazine rings is 1. The molecule has 2 aromatic carbocycles. The molecule has 7 heteroatoms. The lowest BCUT2D eigenvalue weighted by atomic mass is 10.1. The zero-order valence-corrected chi connectivity index (χ0v) is 15.0. The van der Waals surface area contributed by atoms with E-state index in [4.69, 9.17) is 0 Å². The van der Waals surface area contributed by atoms with Crippen LogP contribution in [0.4, 0.5) is 24.5 Å². The van der Waals surface area contributed by atoms with Crippen molar-refractivity contribution in [1.29, 1.82) is 0 Å². The first-order valence-corrected chi connectivity index (χ1v) is 8.74. The van der Waals surface area contributed by atoms with Crippen LogP contribution in [0.5, 0.6) is 0 Å². The summed E-state index contributed by atoms with van der Waals surface area (Å²) in [4.78, 5) is 4.29. The van der Waals surface area contributed by atoms with E-state index in [1.807, 2.05) is 29.2 Å². The Labute approximate surface area is 152 Å². The number of alkyl halides is 3. The maximum Gasteiger partial charge on any atom is 0.418 e. The molecular weight excluding hydrogens is 397 g/mol. The zero-order valence-electron chi connectivity index (χ0n) is 13.4. The van der Waals surface area contributed by atoms with Crippen LogP contribution in [0.15, 0.2) is 53.0 Å². The minimum atomic E-state index is -4.65. The van der Waals surface area contributed by atoms with Gasteiger partial charge in [0.2, 0.25) is 0 Å². The van der Waals surface area contributed by atoms with E-state index in [9.17, 15) is 18.3 Å². The van der Waals surface area contributed by atoms with Gasteiger partial charge in [0.25, 0.3) is 0 Å². The van der Waals surface area contributed by atoms with Gasteiger partial charge in [-0.15, -0.1) is 0 Å². The lowest BCUT2D eigenvalue weighted by Crippen LogP contribution is -2.46. The van der Waals surface area contributed by atoms with Crippen molar-refractivity contribution < 1.29 is 18.3 Å². The van der Waals surface area contributed by atoms with E-state index in [2.05, 4.69) is 20.8 Å². The standard InChI is InChI=1S/C18H18BrF3N2O/c19-14-4-6-15(7-5-14)23-8-10-24(11-9-23)16-3-1-2-13(12-16)17(25)18(20,21)22/h1-7,12,17,25H,8-11H2. The third-order valence-electron chi connectivity index (χ3n) is 4.33. The fourth-order valence-electron chi connectivity index (χ4n) is 2.96. The molecule has 1 fully saturated rings. The summed E-state index contributed by atoms with van der Waals surface area (Å²) in [5, 5.41) is 9.44. The first kappa shape index (κ1) is 18.1. The van der Waals surface area contributed by atoms with Crippen molar-refractivity contribution in [3.05, 3.63) is 58.6 Å². The van der Waals surface area contributed by atoms with Crippen LogP contribution in [0.3, 0.4) is 0 Å². The Morgan fingerprint density at radius 2 is 1.44 bits per heavy atom. The summed E-state index contributed by atoms with van der Waals surface area (Å²) in [6, 6.07) is 14.1. The van der Waals surface area contributed by atoms with E-state index in [0.29, 0.717) is 18.8 Å². The molecule has 1 N–H and O–H groups in total. The molecule has 1 unspecified atom stereocenters. The van der Waals surface area contributed by atoms with Gasteiger partial charge in [0, 0.05) is 42.0 Å². The highest BCUT2D eigenvalue weighted by Crippen LogP contribution is 2.34. The van der Waals surface area contributed by atoms with Crippen LogP contribution < -0.4 is 9.80 Å². The Morgan fingerprint density at radius 3 is 2.00 bits per heavy atom. The molecule has 0 aromatic heterocycles. The van der Waals surface area contributed by atoms with E-state index in [-0.39, 0.29) is 5.56 Å². The Morgan fingerprint density at radius 1 is 0.880 bits per heavy atom. The average molecular weight is 415 g/mol. The normalized spacial score (nSPS) is 16.8. The summed E-state index contributed by atoms with van der Waals surface area (Å²) in [5.74, 6) is 0. The molecule has 3 rings (SSSR count). The largest absolute Gasteiger partial charge is 0.418 e. The van der Waals surface area contributed by atoms with Gasteiger partial charge in [0.15, 0.2) is 6.10 Å². The van der Waals surface area contributed by atoms with E-state index in [1.165, 1.54) is 12.1 Å². The van der Waals surface area contributed by atoms with Crippen molar-refractivity contribution in [3.63, 3.8) is 0 Å². The topological polar surface area (TPSA) is 26.7 Å². The number of hydrogen-bond acceptors (Lipinski definition) is 3. The number of benzene rings is 2. The average Bonchev–Trinajstić information content (AvgIpc) is 2.61. The maximum absolute atomic E-state index is 12.7. The molecule has 3 nitrogen and oxygen atoms in total. The second-order valence-corrected chi connectivity index (χ2v) is 6.91. The summed E-state index contributed by atoms with van der Waals surface area (Å²) in [7, 11) is 0. The SMILES string of the molecule is OC(c1cccc(N2CCN(c3ccc(Br)cc3)CC2)c1)C(F)(F)F. The van der Waals surface area contributed by atoms with Crippen molar-refractivity contribution in [3.8, 4) is 0 Å². The first-order valence-electron chi connectivity index (χ1n) is 7.95. The van der Waals surface area contributed by atoms with Gasteiger partial charge >= 0.3 is 6.18 Å². The fourth-order valence-corrected chi connectivity index (χ4v) is 3.22. The van der Waals surface area contributed by atoms with Crippen LogP contribution in [-0.2, 0) is 0 Å². The van der Waals surface area contributed by atoms with Crippen molar-refractivity contribution in [2.24, 2.45) is 0 Å². The number of anilines is 2. The van der Waals surface area contributed by atoms with Crippen LogP contribution in [-0.4, -0.2) is 37.5 Å². The Hall–Kier alpha value is -1.73. The smallest absolute Gasteiger partial charge is 0.379 e. The Balaban J connectivity index is 1.68. The lowest BCUT2D eigenvalue weighted by molar-refractivity contribution is -0.206. The van der Waals surface area contributed by atoms with Gasteiger partial charge in [-0.3, -0.25) is 0 Å². The maximum atomic E-state index is 12.7. The van der Waals surface area contributed by atoms with Crippen molar-refractivity contribution in [1.82, 2.24) is 0 Å². The molecule has 0 aliphatic carbocycles. The third kappa shape index (κ3) is 4.27. The molecule has 0 radical (unpaired) electrons. The van der Waals surface area contributed by atoms with Crippen LogP contribution in [0.25, 0.3) is 0 Å². The molecule has 25 heavy (non-hydrogen) atoms. The van der Waals surface area contributed by atoms with Gasteiger partial charge in [0.1, 0.15) is 0 Å². The predicted octanol–water partition coefficient (Wildman–Crippen LogP) is 4.37. The molecule has 134 valence electrons. The van der Waals surface area contributed by atoms with Gasteiger partial charge in [-0.1, -0.05) is 28.1 Å². The number of aliphatic hydroxyl groups is 1. The molecule has 1 atom stereocenters. The number of rotatable bonds is 3. The second-order valence-electron chi connectivity index (χ2n) is 5.99. The summed E-state index contributed by atoms with van der Waals surface area (Å²) in [5.41, 5.74) is 1.71. The molecule has 1 saturated heterocycles. The van der Waals surface area contributed by atoms with Crippen LogP contribution in [0.1, 0.15) is 11.7 Å². The minimum Gasteiger partial charge on any atom is -0.379 e. The van der Waals surface area contributed by atoms with Crippen molar-refractivity contribution in [2.75, 3.05) is 36.0 Å². The second kappa shape index (κ2) is 7.25. The molecule has 0 saturated carbocycles. The number of aliphatic hydroxyl groups excluding tert-OH is 1. The monoisotopic (exact) mass is 414 g/mol. The highest BCUT2D eigenvalue weighted by atomic mass is 79.9. The molecule has 0 spiro atoms. The molecule has 2 aromatic rings. The van der Waals surface area contributed by atoms with Crippen molar-refractivity contribution in [2.45, 2.75) is 12.3 Å². The molecule has 1 aliphatic rings. The van der Waals surface area contributed by atoms with Crippen LogP contribution >= 0.6 is 15.9 Å². The summed E-state index contributed by atoms with van der Waals surface area (Å²) in [6.45, 7) is 2.99. The van der Waals surface area contributed by atoms with Crippen LogP contribution in [0.2, 0.25) is 0 Å². The molecule has 1 aliphatic heterocycles. The summed E-state index contributed by atoms with van der Waals surface area (Å²) < 4.78 is 39.1. The van der Waals surface area contributed by atoms with Gasteiger partial charge < -0.3 is 14.9 Å². The highest BCUT2D eigenvalue weighted by molar-refractivity contribution is 9.10. The minimum absolute atomic E-state index is 0.125. The van der Waals surface area contributed by atoms with E-state index >= 15 is 0 Å². The van der Waals surface area contributed by atoms with Crippen LogP contribution in [0, 0.1) is 0 Å². The first-order chi connectivity index (χ1) is 11.8. The van der Waals surface area contributed by atoms with Gasteiger partial charge in [-0.05, 0) is 42.0 Å². The van der Waals surface area contributed by atoms with Crippen molar-refractivity contribution >= 4 is 27.3 Å². The fraction of sp³-hybridized carbons (Fsp3) is 0.333. The van der Waals surface area contributed by atoms with E-state index in [0.717, 1.165) is 23.2 Å². The molecule has 0 amide bonds. The van der Waals surface area contributed by atoms with Gasteiger partial charge in [-0.2, -0.15) is 13.2 Å². The molecule has 1 heterocycles. The highest BCUT2D eigenvalue weighted by Gasteiger charge is 2.39. The number of nitrogens with zero attached hydrogens (tertiary/aromatic N) is 2. The van der Waals surface area contributed by atoms with Gasteiger partial charge in [0.05, 0.1) is 0 Å². The number of halogens is 4. The summed E-state index contributed by atoms with van der Waals surface area (Å²) >= 11 is 3.41. The Bertz CT molecular complexity index is 713. The van der Waals surface area contributed by atoms with E-state index in [1.54, 1.807) is 12.1 Å². The third-order valence-corrected chi connectivity index (χ3v) is 4.86. The van der Waals surface area contributed by atoms with E-state index < -0.39 is 12.3 Å². The lowest BCUT2D eigenvalue weighted by Gasteiger charge is -2.37. The number of hydrogen-bond donors (Lipinski definition) is 1.